The van der Waals surface area contributed by atoms with Crippen molar-refractivity contribution in [1.82, 2.24) is 9.88 Å². The van der Waals surface area contributed by atoms with Gasteiger partial charge in [-0.25, -0.2) is 4.39 Å². The summed E-state index contributed by atoms with van der Waals surface area (Å²) in [6.07, 6.45) is 3.73. The van der Waals surface area contributed by atoms with Crippen LogP contribution in [0.25, 0.3) is 10.9 Å². The number of halogens is 1. The van der Waals surface area contributed by atoms with Crippen LogP contribution in [0.3, 0.4) is 0 Å². The van der Waals surface area contributed by atoms with Gasteiger partial charge in [0.15, 0.2) is 0 Å². The van der Waals surface area contributed by atoms with E-state index in [2.05, 4.69) is 4.98 Å². The van der Waals surface area contributed by atoms with Gasteiger partial charge in [-0.2, -0.15) is 0 Å². The van der Waals surface area contributed by atoms with Crippen molar-refractivity contribution < 1.29 is 14.3 Å². The summed E-state index contributed by atoms with van der Waals surface area (Å²) in [6.45, 7) is 2.02. The van der Waals surface area contributed by atoms with Gasteiger partial charge < -0.3 is 10.0 Å². The number of benzene rings is 1. The highest BCUT2D eigenvalue weighted by molar-refractivity contribution is 5.98. The van der Waals surface area contributed by atoms with Gasteiger partial charge in [-0.05, 0) is 56.7 Å². The highest BCUT2D eigenvalue weighted by atomic mass is 19.1. The van der Waals surface area contributed by atoms with Crippen LogP contribution in [-0.2, 0) is 0 Å². The Morgan fingerprint density at radius 3 is 2.67 bits per heavy atom. The second kappa shape index (κ2) is 6.85. The van der Waals surface area contributed by atoms with Crippen LogP contribution in [0.5, 0.6) is 0 Å². The summed E-state index contributed by atoms with van der Waals surface area (Å²) in [6, 6.07) is 6.42. The number of nitrogens with zero attached hydrogens (tertiary/aromatic N) is 2. The maximum atomic E-state index is 13.3. The fourth-order valence-corrected chi connectivity index (χ4v) is 3.52. The molecular weight excluding hydrogens is 307 g/mol. The Bertz CT molecular complexity index is 754. The Labute approximate surface area is 141 Å². The van der Waals surface area contributed by atoms with Gasteiger partial charge in [0.2, 0.25) is 0 Å². The van der Waals surface area contributed by atoms with Crippen molar-refractivity contribution in [2.45, 2.75) is 38.6 Å². The summed E-state index contributed by atoms with van der Waals surface area (Å²) in [4.78, 5) is 19.1. The molecule has 4 nitrogen and oxygen atoms in total. The smallest absolute Gasteiger partial charge is 0.255 e. The molecule has 0 spiro atoms. The molecule has 1 aliphatic rings. The summed E-state index contributed by atoms with van der Waals surface area (Å²) in [5, 5.41) is 10.0. The number of carbonyl (C=O) groups excluding carboxylic acids is 1. The van der Waals surface area contributed by atoms with E-state index >= 15 is 0 Å². The molecule has 24 heavy (non-hydrogen) atoms. The lowest BCUT2D eigenvalue weighted by molar-refractivity contribution is 0.0652. The topological polar surface area (TPSA) is 53.4 Å². The van der Waals surface area contributed by atoms with Gasteiger partial charge in [0.1, 0.15) is 5.82 Å². The Morgan fingerprint density at radius 1 is 1.29 bits per heavy atom. The van der Waals surface area contributed by atoms with Crippen molar-refractivity contribution in [3.05, 3.63) is 41.3 Å². The molecule has 3 rings (SSSR count). The largest absolute Gasteiger partial charge is 0.396 e. The molecule has 0 unspecified atom stereocenters. The fourth-order valence-electron chi connectivity index (χ4n) is 3.52. The first-order valence-electron chi connectivity index (χ1n) is 8.44. The van der Waals surface area contributed by atoms with E-state index in [1.807, 2.05) is 7.05 Å². The van der Waals surface area contributed by atoms with Crippen LogP contribution >= 0.6 is 0 Å². The normalized spacial score (nSPS) is 21.0. The van der Waals surface area contributed by atoms with Crippen molar-refractivity contribution in [2.24, 2.45) is 5.92 Å². The summed E-state index contributed by atoms with van der Waals surface area (Å²) in [7, 11) is 1.83. The molecule has 1 fully saturated rings. The first-order valence-corrected chi connectivity index (χ1v) is 8.44. The third kappa shape index (κ3) is 3.26. The molecule has 1 saturated carbocycles. The lowest BCUT2D eigenvalue weighted by Gasteiger charge is -2.34. The van der Waals surface area contributed by atoms with Crippen LogP contribution in [0.2, 0.25) is 0 Å². The molecule has 0 saturated heterocycles. The molecule has 0 radical (unpaired) electrons. The zero-order valence-electron chi connectivity index (χ0n) is 14.1. The summed E-state index contributed by atoms with van der Waals surface area (Å²) < 4.78 is 13.3. The van der Waals surface area contributed by atoms with Crippen molar-refractivity contribution in [3.63, 3.8) is 0 Å². The summed E-state index contributed by atoms with van der Waals surface area (Å²) in [5.74, 6) is -0.00590. The minimum Gasteiger partial charge on any atom is -0.396 e. The van der Waals surface area contributed by atoms with E-state index < -0.39 is 0 Å². The van der Waals surface area contributed by atoms with Crippen LogP contribution in [0.1, 0.15) is 41.7 Å². The van der Waals surface area contributed by atoms with E-state index in [9.17, 15) is 14.3 Å². The minimum absolute atomic E-state index is 0.0429. The number of hydrogen-bond acceptors (Lipinski definition) is 3. The van der Waals surface area contributed by atoms with Gasteiger partial charge in [-0.15, -0.1) is 0 Å². The van der Waals surface area contributed by atoms with E-state index in [-0.39, 0.29) is 24.4 Å². The van der Waals surface area contributed by atoms with E-state index in [4.69, 9.17) is 0 Å². The maximum absolute atomic E-state index is 13.3. The number of aliphatic hydroxyl groups excluding tert-OH is 1. The molecule has 0 aliphatic heterocycles. The third-order valence-electron chi connectivity index (χ3n) is 5.14. The van der Waals surface area contributed by atoms with Crippen molar-refractivity contribution in [3.8, 4) is 0 Å². The van der Waals surface area contributed by atoms with Crippen molar-refractivity contribution >= 4 is 16.8 Å². The van der Waals surface area contributed by atoms with Crippen LogP contribution in [0.4, 0.5) is 4.39 Å². The second-order valence-electron chi connectivity index (χ2n) is 6.73. The van der Waals surface area contributed by atoms with Gasteiger partial charge in [0.05, 0.1) is 16.8 Å². The number of aromatic nitrogens is 1. The Balaban J connectivity index is 1.82. The molecule has 1 amide bonds. The Morgan fingerprint density at radius 2 is 2.00 bits per heavy atom. The number of aryl methyl sites for hydroxylation is 1. The molecule has 2 aromatic rings. The van der Waals surface area contributed by atoms with Gasteiger partial charge in [0.25, 0.3) is 5.91 Å². The highest BCUT2D eigenvalue weighted by Crippen LogP contribution is 2.28. The number of fused-ring (bicyclic) bond motifs is 1. The average molecular weight is 330 g/mol. The quantitative estimate of drug-likeness (QED) is 0.939. The highest BCUT2D eigenvalue weighted by Gasteiger charge is 2.27. The molecule has 1 N–H and O–H groups in total. The molecule has 1 aromatic heterocycles. The third-order valence-corrected chi connectivity index (χ3v) is 5.14. The molecule has 0 bridgehead atoms. The van der Waals surface area contributed by atoms with Crippen LogP contribution < -0.4 is 0 Å². The molecule has 1 heterocycles. The molecule has 0 atom stereocenters. The fraction of sp³-hybridized carbons (Fsp3) is 0.474. The van der Waals surface area contributed by atoms with E-state index in [1.54, 1.807) is 24.0 Å². The first-order chi connectivity index (χ1) is 11.5. The number of aliphatic hydroxyl groups is 1. The SMILES string of the molecule is Cc1nc2cc(F)ccc2cc1C(=O)N(C)C1CCC(CO)CC1. The van der Waals surface area contributed by atoms with Crippen LogP contribution in [0.15, 0.2) is 24.3 Å². The monoisotopic (exact) mass is 330 g/mol. The molecule has 1 aliphatic carbocycles. The first kappa shape index (κ1) is 16.8. The zero-order chi connectivity index (χ0) is 17.3. The van der Waals surface area contributed by atoms with Gasteiger partial charge in [-0.1, -0.05) is 0 Å². The second-order valence-corrected chi connectivity index (χ2v) is 6.73. The molecule has 1 aromatic carbocycles. The van der Waals surface area contributed by atoms with Crippen LogP contribution in [-0.4, -0.2) is 40.6 Å². The van der Waals surface area contributed by atoms with E-state index in [1.165, 1.54) is 12.1 Å². The van der Waals surface area contributed by atoms with Gasteiger partial charge >= 0.3 is 0 Å². The lowest BCUT2D eigenvalue weighted by Crippen LogP contribution is -2.40. The standard InChI is InChI=1S/C19H23FN2O2/c1-12-17(9-14-5-6-15(20)10-18(14)21-12)19(24)22(2)16-7-3-13(11-23)4-8-16/h5-6,9-10,13,16,23H,3-4,7-8,11H2,1-2H3. The summed E-state index contributed by atoms with van der Waals surface area (Å²) in [5.41, 5.74) is 1.75. The average Bonchev–Trinajstić information content (AvgIpc) is 2.60. The zero-order valence-corrected chi connectivity index (χ0v) is 14.1. The Hall–Kier alpha value is -2.01. The van der Waals surface area contributed by atoms with Gasteiger partial charge in [0, 0.05) is 31.1 Å². The molecule has 5 heteroatoms. The molecule has 128 valence electrons. The van der Waals surface area contributed by atoms with Crippen molar-refractivity contribution in [1.29, 1.82) is 0 Å². The predicted molar refractivity (Wildman–Crippen MR) is 91.4 cm³/mol. The van der Waals surface area contributed by atoms with E-state index in [0.717, 1.165) is 31.1 Å². The number of carbonyl (C=O) groups is 1. The van der Waals surface area contributed by atoms with Gasteiger partial charge in [-0.3, -0.25) is 9.78 Å². The van der Waals surface area contributed by atoms with Crippen molar-refractivity contribution in [2.75, 3.05) is 13.7 Å². The number of amides is 1. The minimum atomic E-state index is -0.328. The number of hydrogen-bond donors (Lipinski definition) is 1. The lowest BCUT2D eigenvalue weighted by atomic mass is 9.86. The maximum Gasteiger partial charge on any atom is 0.255 e. The van der Waals surface area contributed by atoms with Crippen LogP contribution in [0, 0.1) is 18.7 Å². The van der Waals surface area contributed by atoms with E-state index in [0.29, 0.717) is 22.7 Å². The predicted octanol–water partition coefficient (Wildman–Crippen LogP) is 3.31. The summed E-state index contributed by atoms with van der Waals surface area (Å²) >= 11 is 0. The number of rotatable bonds is 3. The Kier molecular flexibility index (Phi) is 4.81. The number of pyridine rings is 1. The molecular formula is C19H23FN2O2.